The first-order valence-electron chi connectivity index (χ1n) is 12.5. The van der Waals surface area contributed by atoms with Gasteiger partial charge in [-0.15, -0.1) is 0 Å². The van der Waals surface area contributed by atoms with Crippen LogP contribution in [0.5, 0.6) is 0 Å². The third-order valence-electron chi connectivity index (χ3n) is 7.00. The number of carboxylic acid groups (broad SMARTS) is 1. The van der Waals surface area contributed by atoms with Gasteiger partial charge in [-0.05, 0) is 61.9 Å². The predicted octanol–water partition coefficient (Wildman–Crippen LogP) is 5.78. The number of carboxylic acids is 1. The van der Waals surface area contributed by atoms with E-state index in [1.807, 2.05) is 42.8 Å². The van der Waals surface area contributed by atoms with Crippen LogP contribution in [0.25, 0.3) is 33.3 Å². The third kappa shape index (κ3) is 3.82. The van der Waals surface area contributed by atoms with Gasteiger partial charge < -0.3 is 14.2 Å². The molecule has 5 heterocycles. The molecule has 0 aliphatic heterocycles. The molecule has 6 aromatic rings. The van der Waals surface area contributed by atoms with Crippen LogP contribution in [0.2, 0.25) is 0 Å². The molecule has 0 atom stereocenters. The molecule has 0 spiro atoms. The zero-order valence-electron chi connectivity index (χ0n) is 21.6. The van der Waals surface area contributed by atoms with E-state index in [2.05, 4.69) is 21.2 Å². The molecule has 0 fully saturated rings. The van der Waals surface area contributed by atoms with E-state index in [4.69, 9.17) is 9.51 Å². The van der Waals surface area contributed by atoms with Gasteiger partial charge >= 0.3 is 5.97 Å². The highest BCUT2D eigenvalue weighted by molar-refractivity contribution is 5.96. The number of fused-ring (bicyclic) bond motifs is 1. The maximum absolute atomic E-state index is 11.5. The Kier molecular flexibility index (Phi) is 5.93. The monoisotopic (exact) mass is 526 g/mol. The van der Waals surface area contributed by atoms with Crippen LogP contribution in [0.1, 0.15) is 33.2 Å². The van der Waals surface area contributed by atoms with E-state index in [9.17, 15) is 15.2 Å². The first-order chi connectivity index (χ1) is 19.4. The second-order valence-corrected chi connectivity index (χ2v) is 9.34. The van der Waals surface area contributed by atoms with E-state index in [-0.39, 0.29) is 5.56 Å². The largest absolute Gasteiger partial charge is 0.478 e. The molecule has 194 valence electrons. The summed E-state index contributed by atoms with van der Waals surface area (Å²) >= 11 is 0. The second kappa shape index (κ2) is 9.60. The Morgan fingerprint density at radius 1 is 0.950 bits per heavy atom. The van der Waals surface area contributed by atoms with Gasteiger partial charge in [-0.25, -0.2) is 4.79 Å². The van der Waals surface area contributed by atoms with E-state index < -0.39 is 11.5 Å². The quantitative estimate of drug-likeness (QED) is 0.289. The summed E-state index contributed by atoms with van der Waals surface area (Å²) in [6.45, 7) is 3.71. The van der Waals surface area contributed by atoms with Gasteiger partial charge in [0.05, 0.1) is 33.7 Å². The number of carbonyl (C=O) groups is 1. The van der Waals surface area contributed by atoms with Gasteiger partial charge in [0.2, 0.25) is 5.54 Å². The summed E-state index contributed by atoms with van der Waals surface area (Å²) in [7, 11) is 0. The van der Waals surface area contributed by atoms with Crippen LogP contribution in [0.4, 0.5) is 0 Å². The molecule has 0 aliphatic carbocycles. The number of hydrogen-bond donors (Lipinski definition) is 1. The molecule has 1 N–H and O–H groups in total. The minimum atomic E-state index is -1.45. The summed E-state index contributed by atoms with van der Waals surface area (Å²) in [4.78, 5) is 25.5. The van der Waals surface area contributed by atoms with Crippen molar-refractivity contribution in [3.63, 3.8) is 0 Å². The summed E-state index contributed by atoms with van der Waals surface area (Å²) in [5, 5.41) is 24.5. The van der Waals surface area contributed by atoms with Gasteiger partial charge in [0, 0.05) is 41.5 Å². The van der Waals surface area contributed by atoms with Crippen molar-refractivity contribution >= 4 is 17.0 Å². The molecule has 0 unspecified atom stereocenters. The lowest BCUT2D eigenvalue weighted by Crippen LogP contribution is -2.36. The van der Waals surface area contributed by atoms with Crippen molar-refractivity contribution in [3.8, 4) is 28.3 Å². The molecule has 0 saturated carbocycles. The van der Waals surface area contributed by atoms with Crippen LogP contribution in [0.3, 0.4) is 0 Å². The van der Waals surface area contributed by atoms with E-state index >= 15 is 0 Å². The van der Waals surface area contributed by atoms with Crippen molar-refractivity contribution in [2.75, 3.05) is 0 Å². The predicted molar refractivity (Wildman–Crippen MR) is 147 cm³/mol. The maximum atomic E-state index is 11.5. The van der Waals surface area contributed by atoms with Crippen molar-refractivity contribution in [3.05, 3.63) is 120 Å². The molecule has 6 rings (SSSR count). The number of nitrogens with zero attached hydrogens (tertiary/aromatic N) is 6. The zero-order chi connectivity index (χ0) is 27.9. The lowest BCUT2D eigenvalue weighted by Gasteiger charge is -2.28. The number of hydrogen-bond acceptors (Lipinski definition) is 7. The van der Waals surface area contributed by atoms with E-state index in [1.54, 1.807) is 67.1 Å². The smallest absolute Gasteiger partial charge is 0.335 e. The Morgan fingerprint density at radius 2 is 1.62 bits per heavy atom. The lowest BCUT2D eigenvalue weighted by atomic mass is 9.90. The molecule has 0 saturated heterocycles. The number of pyridine rings is 3. The average molecular weight is 527 g/mol. The van der Waals surface area contributed by atoms with Crippen molar-refractivity contribution in [2.24, 2.45) is 0 Å². The minimum Gasteiger partial charge on any atom is -0.478 e. The molecule has 0 amide bonds. The van der Waals surface area contributed by atoms with Crippen LogP contribution in [-0.4, -0.2) is 35.8 Å². The van der Waals surface area contributed by atoms with Crippen molar-refractivity contribution in [2.45, 2.75) is 19.4 Å². The van der Waals surface area contributed by atoms with Crippen LogP contribution in [0, 0.1) is 25.2 Å². The molecule has 40 heavy (non-hydrogen) atoms. The molecule has 1 aromatic carbocycles. The van der Waals surface area contributed by atoms with Gasteiger partial charge in [-0.1, -0.05) is 29.4 Å². The van der Waals surface area contributed by atoms with Crippen molar-refractivity contribution < 1.29 is 14.4 Å². The van der Waals surface area contributed by atoms with Crippen LogP contribution >= 0.6 is 0 Å². The number of nitriles is 1. The van der Waals surface area contributed by atoms with Gasteiger partial charge in [0.25, 0.3) is 0 Å². The fraction of sp³-hybridized carbons (Fsp3) is 0.0968. The molecule has 9 heteroatoms. The summed E-state index contributed by atoms with van der Waals surface area (Å²) in [5.41, 5.74) is 4.81. The van der Waals surface area contributed by atoms with Crippen molar-refractivity contribution in [1.82, 2.24) is 24.7 Å². The Morgan fingerprint density at radius 3 is 2.15 bits per heavy atom. The highest BCUT2D eigenvalue weighted by Gasteiger charge is 2.41. The Labute approximate surface area is 229 Å². The first kappa shape index (κ1) is 24.7. The summed E-state index contributed by atoms with van der Waals surface area (Å²) in [6.07, 6.45) is 6.91. The normalized spacial score (nSPS) is 11.4. The number of aromatic nitrogens is 5. The SMILES string of the molecule is Cc1noc(C)c1-c1cnc2c(-c3ccc(C(=O)O)cc3)cn(C(C#N)(c3ccccn3)c3ccccn3)c2c1. The highest BCUT2D eigenvalue weighted by Crippen LogP contribution is 2.40. The Hall–Kier alpha value is -5.62. The molecule has 0 aliphatic rings. The maximum Gasteiger partial charge on any atom is 0.335 e. The average Bonchev–Trinajstić information content (AvgIpc) is 3.54. The second-order valence-electron chi connectivity index (χ2n) is 9.34. The van der Waals surface area contributed by atoms with Crippen LogP contribution < -0.4 is 0 Å². The van der Waals surface area contributed by atoms with Crippen molar-refractivity contribution in [1.29, 1.82) is 5.26 Å². The zero-order valence-corrected chi connectivity index (χ0v) is 21.6. The number of benzene rings is 1. The van der Waals surface area contributed by atoms with Gasteiger partial charge in [0.1, 0.15) is 11.8 Å². The van der Waals surface area contributed by atoms with Gasteiger partial charge in [0.15, 0.2) is 0 Å². The lowest BCUT2D eigenvalue weighted by molar-refractivity contribution is 0.0697. The van der Waals surface area contributed by atoms with E-state index in [1.165, 1.54) is 0 Å². The molecule has 0 bridgehead atoms. The first-order valence-corrected chi connectivity index (χ1v) is 12.5. The fourth-order valence-corrected chi connectivity index (χ4v) is 5.12. The van der Waals surface area contributed by atoms with Gasteiger partial charge in [-0.2, -0.15) is 5.26 Å². The van der Waals surface area contributed by atoms with Gasteiger partial charge in [-0.3, -0.25) is 15.0 Å². The topological polar surface area (TPSA) is 131 Å². The number of rotatable bonds is 6. The molecule has 9 nitrogen and oxygen atoms in total. The molecule has 5 aromatic heterocycles. The van der Waals surface area contributed by atoms with Crippen LogP contribution in [-0.2, 0) is 5.54 Å². The number of aromatic carboxylic acids is 1. The third-order valence-corrected chi connectivity index (χ3v) is 7.00. The number of aryl methyl sites for hydroxylation is 2. The van der Waals surface area contributed by atoms with Crippen LogP contribution in [0.15, 0.2) is 96.0 Å². The van der Waals surface area contributed by atoms with E-state index in [0.29, 0.717) is 28.2 Å². The standard InChI is InChI=1S/C31H22N6O3/c1-19-28(20(2)40-36-19)23-15-25-29(35-16-23)24(21-9-11-22(12-10-21)30(38)39)17-37(25)31(18-32,26-7-3-5-13-33-26)27-8-4-6-14-34-27/h3-17H,1-2H3,(H,38,39). The molecule has 0 radical (unpaired) electrons. The fourth-order valence-electron chi connectivity index (χ4n) is 5.12. The minimum absolute atomic E-state index is 0.175. The molecular formula is C31H22N6O3. The highest BCUT2D eigenvalue weighted by atomic mass is 16.5. The summed E-state index contributed by atoms with van der Waals surface area (Å²) < 4.78 is 7.27. The summed E-state index contributed by atoms with van der Waals surface area (Å²) in [5.74, 6) is -0.354. The van der Waals surface area contributed by atoms with E-state index in [0.717, 1.165) is 27.9 Å². The Bertz CT molecular complexity index is 1840. The summed E-state index contributed by atoms with van der Waals surface area (Å²) in [6, 6.07) is 21.9. The Balaban J connectivity index is 1.71. The molecular weight excluding hydrogens is 504 g/mol.